The van der Waals surface area contributed by atoms with E-state index in [1.165, 1.54) is 0 Å². The van der Waals surface area contributed by atoms with Crippen molar-refractivity contribution in [3.8, 4) is 5.75 Å². The van der Waals surface area contributed by atoms with Gasteiger partial charge < -0.3 is 19.9 Å². The number of amides is 2. The normalized spacial score (nSPS) is 11.9. The molecule has 2 amide bonds. The number of rotatable bonds is 7. The number of ether oxygens (including phenoxy) is 1. The van der Waals surface area contributed by atoms with Crippen molar-refractivity contribution in [2.45, 2.75) is 13.0 Å². The van der Waals surface area contributed by atoms with Gasteiger partial charge in [0.25, 0.3) is 0 Å². The van der Waals surface area contributed by atoms with Crippen LogP contribution in [0, 0.1) is 0 Å². The SMILES string of the molecule is COc1cccc(NC(=O)N(CCN(C)C)[C@H](C)c2cccnc2)c1. The molecule has 1 aromatic carbocycles. The molecule has 0 aliphatic heterocycles. The van der Waals surface area contributed by atoms with E-state index in [2.05, 4.69) is 15.2 Å². The van der Waals surface area contributed by atoms with Crippen LogP contribution < -0.4 is 10.1 Å². The van der Waals surface area contributed by atoms with Gasteiger partial charge in [-0.3, -0.25) is 4.98 Å². The van der Waals surface area contributed by atoms with Crippen molar-refractivity contribution in [2.75, 3.05) is 39.6 Å². The van der Waals surface area contributed by atoms with Crippen LogP contribution in [0.5, 0.6) is 5.75 Å². The molecule has 0 bridgehead atoms. The van der Waals surface area contributed by atoms with E-state index in [0.717, 1.165) is 12.1 Å². The highest BCUT2D eigenvalue weighted by Crippen LogP contribution is 2.22. The summed E-state index contributed by atoms with van der Waals surface area (Å²) in [5.41, 5.74) is 1.71. The fourth-order valence-corrected chi connectivity index (χ4v) is 2.48. The molecular formula is C19H26N4O2. The molecule has 2 rings (SSSR count). The van der Waals surface area contributed by atoms with Gasteiger partial charge in [0.05, 0.1) is 13.2 Å². The van der Waals surface area contributed by atoms with Gasteiger partial charge in [-0.2, -0.15) is 0 Å². The summed E-state index contributed by atoms with van der Waals surface area (Å²) in [6, 6.07) is 11.0. The van der Waals surface area contributed by atoms with Crippen molar-refractivity contribution < 1.29 is 9.53 Å². The Morgan fingerprint density at radius 2 is 2.04 bits per heavy atom. The molecule has 1 heterocycles. The van der Waals surface area contributed by atoms with E-state index in [0.29, 0.717) is 18.0 Å². The first-order valence-electron chi connectivity index (χ1n) is 8.27. The van der Waals surface area contributed by atoms with Crippen LogP contribution in [-0.2, 0) is 0 Å². The second kappa shape index (κ2) is 9.03. The number of hydrogen-bond acceptors (Lipinski definition) is 4. The molecule has 0 saturated carbocycles. The van der Waals surface area contributed by atoms with Crippen molar-refractivity contribution in [1.82, 2.24) is 14.8 Å². The molecular weight excluding hydrogens is 316 g/mol. The summed E-state index contributed by atoms with van der Waals surface area (Å²) in [6.07, 6.45) is 3.53. The van der Waals surface area contributed by atoms with Crippen LogP contribution in [0.2, 0.25) is 0 Å². The third-order valence-electron chi connectivity index (χ3n) is 4.00. The maximum Gasteiger partial charge on any atom is 0.322 e. The molecule has 0 saturated heterocycles. The van der Waals surface area contributed by atoms with Gasteiger partial charge in [0.2, 0.25) is 0 Å². The minimum atomic E-state index is -0.147. The Bertz CT molecular complexity index is 676. The monoisotopic (exact) mass is 342 g/mol. The number of likely N-dealkylation sites (N-methyl/N-ethyl adjacent to an activating group) is 1. The number of pyridine rings is 1. The first kappa shape index (κ1) is 18.7. The molecule has 134 valence electrons. The molecule has 6 heteroatoms. The van der Waals surface area contributed by atoms with Gasteiger partial charge in [-0.25, -0.2) is 4.79 Å². The molecule has 0 unspecified atom stereocenters. The smallest absolute Gasteiger partial charge is 0.322 e. The standard InChI is InChI=1S/C19H26N4O2/c1-15(16-7-6-10-20-14-16)23(12-11-22(2)3)19(24)21-17-8-5-9-18(13-17)25-4/h5-10,13-15H,11-12H2,1-4H3,(H,21,24)/t15-/m1/s1. The number of carbonyl (C=O) groups excluding carboxylic acids is 1. The van der Waals surface area contributed by atoms with Gasteiger partial charge in [-0.1, -0.05) is 12.1 Å². The van der Waals surface area contributed by atoms with Crippen LogP contribution in [0.1, 0.15) is 18.5 Å². The lowest BCUT2D eigenvalue weighted by atomic mass is 10.1. The molecule has 1 aromatic heterocycles. The van der Waals surface area contributed by atoms with Crippen molar-refractivity contribution in [2.24, 2.45) is 0 Å². The zero-order valence-corrected chi connectivity index (χ0v) is 15.3. The van der Waals surface area contributed by atoms with Gasteiger partial charge in [0.15, 0.2) is 0 Å². The van der Waals surface area contributed by atoms with E-state index < -0.39 is 0 Å². The fourth-order valence-electron chi connectivity index (χ4n) is 2.48. The van der Waals surface area contributed by atoms with Crippen LogP contribution in [0.4, 0.5) is 10.5 Å². The maximum absolute atomic E-state index is 12.9. The zero-order valence-electron chi connectivity index (χ0n) is 15.3. The predicted octanol–water partition coefficient (Wildman–Crippen LogP) is 3.25. The molecule has 0 radical (unpaired) electrons. The summed E-state index contributed by atoms with van der Waals surface area (Å²) in [4.78, 5) is 20.9. The summed E-state index contributed by atoms with van der Waals surface area (Å²) in [5.74, 6) is 0.706. The first-order valence-corrected chi connectivity index (χ1v) is 8.27. The lowest BCUT2D eigenvalue weighted by Crippen LogP contribution is -2.41. The van der Waals surface area contributed by atoms with Crippen molar-refractivity contribution >= 4 is 11.7 Å². The maximum atomic E-state index is 12.9. The van der Waals surface area contributed by atoms with Crippen LogP contribution in [0.15, 0.2) is 48.8 Å². The molecule has 1 atom stereocenters. The third-order valence-corrected chi connectivity index (χ3v) is 4.00. The van der Waals surface area contributed by atoms with Crippen LogP contribution in [0.3, 0.4) is 0 Å². The van der Waals surface area contributed by atoms with E-state index in [4.69, 9.17) is 4.74 Å². The minimum Gasteiger partial charge on any atom is -0.497 e. The highest BCUT2D eigenvalue weighted by atomic mass is 16.5. The zero-order chi connectivity index (χ0) is 18.2. The van der Waals surface area contributed by atoms with Crippen LogP contribution in [-0.4, -0.2) is 55.1 Å². The molecule has 1 N–H and O–H groups in total. The van der Waals surface area contributed by atoms with Crippen LogP contribution >= 0.6 is 0 Å². The second-order valence-corrected chi connectivity index (χ2v) is 6.12. The lowest BCUT2D eigenvalue weighted by Gasteiger charge is -2.30. The Balaban J connectivity index is 2.17. The number of aromatic nitrogens is 1. The molecule has 0 fully saturated rings. The van der Waals surface area contributed by atoms with Gasteiger partial charge in [0.1, 0.15) is 5.75 Å². The van der Waals surface area contributed by atoms with E-state index in [-0.39, 0.29) is 12.1 Å². The third kappa shape index (κ3) is 5.46. The van der Waals surface area contributed by atoms with Gasteiger partial charge in [0, 0.05) is 37.2 Å². The van der Waals surface area contributed by atoms with E-state index in [1.54, 1.807) is 25.6 Å². The average molecular weight is 342 g/mol. The largest absolute Gasteiger partial charge is 0.497 e. The Labute approximate surface area is 149 Å². The number of urea groups is 1. The van der Waals surface area contributed by atoms with Crippen molar-refractivity contribution in [3.63, 3.8) is 0 Å². The lowest BCUT2D eigenvalue weighted by molar-refractivity contribution is 0.185. The summed E-state index contributed by atoms with van der Waals surface area (Å²) in [6.45, 7) is 3.40. The Kier molecular flexibility index (Phi) is 6.77. The Morgan fingerprint density at radius 1 is 1.24 bits per heavy atom. The highest BCUT2D eigenvalue weighted by Gasteiger charge is 2.22. The van der Waals surface area contributed by atoms with Crippen LogP contribution in [0.25, 0.3) is 0 Å². The van der Waals surface area contributed by atoms with Crippen molar-refractivity contribution in [3.05, 3.63) is 54.4 Å². The van der Waals surface area contributed by atoms with Crippen molar-refractivity contribution in [1.29, 1.82) is 0 Å². The molecule has 25 heavy (non-hydrogen) atoms. The molecule has 0 spiro atoms. The Hall–Kier alpha value is -2.60. The molecule has 6 nitrogen and oxygen atoms in total. The minimum absolute atomic E-state index is 0.0840. The fraction of sp³-hybridized carbons (Fsp3) is 0.368. The van der Waals surface area contributed by atoms with E-state index in [9.17, 15) is 4.79 Å². The summed E-state index contributed by atoms with van der Waals surface area (Å²) < 4.78 is 5.21. The van der Waals surface area contributed by atoms with E-state index in [1.807, 2.05) is 56.3 Å². The topological polar surface area (TPSA) is 57.7 Å². The van der Waals surface area contributed by atoms with E-state index >= 15 is 0 Å². The number of nitrogens with zero attached hydrogens (tertiary/aromatic N) is 3. The second-order valence-electron chi connectivity index (χ2n) is 6.12. The summed E-state index contributed by atoms with van der Waals surface area (Å²) >= 11 is 0. The predicted molar refractivity (Wildman–Crippen MR) is 99.9 cm³/mol. The number of hydrogen-bond donors (Lipinski definition) is 1. The number of anilines is 1. The molecule has 0 aliphatic rings. The Morgan fingerprint density at radius 3 is 2.68 bits per heavy atom. The summed E-state index contributed by atoms with van der Waals surface area (Å²) in [7, 11) is 5.59. The average Bonchev–Trinajstić information content (AvgIpc) is 2.62. The number of nitrogens with one attached hydrogen (secondary N) is 1. The molecule has 0 aliphatic carbocycles. The van der Waals surface area contributed by atoms with Gasteiger partial charge >= 0.3 is 6.03 Å². The first-order chi connectivity index (χ1) is 12.0. The molecule has 2 aromatic rings. The van der Waals surface area contributed by atoms with Gasteiger partial charge in [-0.05, 0) is 44.8 Å². The number of carbonyl (C=O) groups is 1. The quantitative estimate of drug-likeness (QED) is 0.839. The number of methoxy groups -OCH3 is 1. The number of benzene rings is 1. The highest BCUT2D eigenvalue weighted by molar-refractivity contribution is 5.89. The van der Waals surface area contributed by atoms with Gasteiger partial charge in [-0.15, -0.1) is 0 Å². The summed E-state index contributed by atoms with van der Waals surface area (Å²) in [5, 5.41) is 2.96.